The van der Waals surface area contributed by atoms with Crippen LogP contribution in [0.15, 0.2) is 0 Å². The van der Waals surface area contributed by atoms with Gasteiger partial charge in [0.15, 0.2) is 0 Å². The molecule has 0 aromatic heterocycles. The third-order valence-electron chi connectivity index (χ3n) is 3.26. The van der Waals surface area contributed by atoms with E-state index < -0.39 is 28.2 Å². The van der Waals surface area contributed by atoms with Crippen molar-refractivity contribution in [3.63, 3.8) is 0 Å². The van der Waals surface area contributed by atoms with E-state index in [0.717, 1.165) is 0 Å². The first kappa shape index (κ1) is 17.9. The van der Waals surface area contributed by atoms with Crippen LogP contribution >= 0.6 is 0 Å². The molecule has 19 heavy (non-hydrogen) atoms. The van der Waals surface area contributed by atoms with Crippen LogP contribution in [0.25, 0.3) is 0 Å². The fourth-order valence-electron chi connectivity index (χ4n) is 1.80. The molecule has 0 spiro atoms. The predicted molar refractivity (Wildman–Crippen MR) is 75.6 cm³/mol. The maximum Gasteiger partial charge on any atom is 0.315 e. The SMILES string of the molecule is CCC(CC)(CNC(=O)NC(C)CS(C)=O)C(=O)O. The first-order valence-corrected chi connectivity index (χ1v) is 8.08. The zero-order valence-electron chi connectivity index (χ0n) is 12.0. The van der Waals surface area contributed by atoms with Gasteiger partial charge in [-0.1, -0.05) is 13.8 Å². The summed E-state index contributed by atoms with van der Waals surface area (Å²) in [6.45, 7) is 5.42. The lowest BCUT2D eigenvalue weighted by molar-refractivity contribution is -0.149. The Morgan fingerprint density at radius 2 is 1.84 bits per heavy atom. The fraction of sp³-hybridized carbons (Fsp3) is 0.833. The van der Waals surface area contributed by atoms with E-state index >= 15 is 0 Å². The highest BCUT2D eigenvalue weighted by molar-refractivity contribution is 7.84. The van der Waals surface area contributed by atoms with Crippen LogP contribution in [0.4, 0.5) is 4.79 Å². The predicted octanol–water partition coefficient (Wildman–Crippen LogP) is 0.944. The lowest BCUT2D eigenvalue weighted by atomic mass is 9.82. The van der Waals surface area contributed by atoms with E-state index in [1.807, 2.05) is 0 Å². The van der Waals surface area contributed by atoms with Crippen molar-refractivity contribution in [1.29, 1.82) is 0 Å². The summed E-state index contributed by atoms with van der Waals surface area (Å²) in [6.07, 6.45) is 2.47. The van der Waals surface area contributed by atoms with Gasteiger partial charge >= 0.3 is 12.0 Å². The van der Waals surface area contributed by atoms with E-state index in [0.29, 0.717) is 18.6 Å². The van der Waals surface area contributed by atoms with Gasteiger partial charge in [0.05, 0.1) is 5.41 Å². The molecule has 6 nitrogen and oxygen atoms in total. The number of carboxylic acid groups (broad SMARTS) is 1. The number of carbonyl (C=O) groups is 2. The highest BCUT2D eigenvalue weighted by Crippen LogP contribution is 2.25. The Kier molecular flexibility index (Phi) is 7.66. The third kappa shape index (κ3) is 6.04. The highest BCUT2D eigenvalue weighted by atomic mass is 32.2. The number of urea groups is 1. The Labute approximate surface area is 116 Å². The second kappa shape index (κ2) is 8.14. The monoisotopic (exact) mass is 292 g/mol. The molecule has 0 saturated carbocycles. The Balaban J connectivity index is 4.34. The topological polar surface area (TPSA) is 95.5 Å². The molecule has 112 valence electrons. The molecule has 0 aliphatic rings. The number of carbonyl (C=O) groups excluding carboxylic acids is 1. The van der Waals surface area contributed by atoms with E-state index in [1.165, 1.54) is 0 Å². The standard InChI is InChI=1S/C12H24N2O4S/c1-5-12(6-2,10(15)16)8-13-11(17)14-9(3)7-19(4)18/h9H,5-8H2,1-4H3,(H,15,16)(H2,13,14,17). The van der Waals surface area contributed by atoms with E-state index in [2.05, 4.69) is 10.6 Å². The maximum absolute atomic E-state index is 11.6. The molecule has 0 saturated heterocycles. The van der Waals surface area contributed by atoms with Crippen molar-refractivity contribution >= 4 is 22.8 Å². The minimum absolute atomic E-state index is 0.0864. The van der Waals surface area contributed by atoms with Crippen LogP contribution in [0.2, 0.25) is 0 Å². The van der Waals surface area contributed by atoms with Gasteiger partial charge in [0.2, 0.25) is 0 Å². The summed E-state index contributed by atoms with van der Waals surface area (Å²) in [5.41, 5.74) is -0.922. The molecule has 7 heteroatoms. The van der Waals surface area contributed by atoms with Crippen molar-refractivity contribution in [3.8, 4) is 0 Å². The summed E-state index contributed by atoms with van der Waals surface area (Å²) < 4.78 is 11.0. The first-order valence-electron chi connectivity index (χ1n) is 6.35. The number of hydrogen-bond acceptors (Lipinski definition) is 3. The van der Waals surface area contributed by atoms with Crippen LogP contribution in [-0.2, 0) is 15.6 Å². The summed E-state index contributed by atoms with van der Waals surface area (Å²) >= 11 is 0. The average Bonchev–Trinajstić information content (AvgIpc) is 2.29. The Bertz CT molecular complexity index is 343. The molecule has 0 aromatic carbocycles. The normalized spacial score (nSPS) is 14.5. The summed E-state index contributed by atoms with van der Waals surface area (Å²) in [7, 11) is -0.980. The Morgan fingerprint density at radius 1 is 1.32 bits per heavy atom. The molecular formula is C12H24N2O4S. The molecule has 0 radical (unpaired) electrons. The highest BCUT2D eigenvalue weighted by Gasteiger charge is 2.35. The van der Waals surface area contributed by atoms with Crippen molar-refractivity contribution in [2.24, 2.45) is 5.41 Å². The molecule has 0 bridgehead atoms. The molecule has 0 aliphatic heterocycles. The average molecular weight is 292 g/mol. The summed E-state index contributed by atoms with van der Waals surface area (Å²) in [5, 5.41) is 14.4. The smallest absolute Gasteiger partial charge is 0.315 e. The quantitative estimate of drug-likeness (QED) is 0.620. The van der Waals surface area contributed by atoms with Crippen LogP contribution in [0, 0.1) is 5.41 Å². The summed E-state index contributed by atoms with van der Waals surface area (Å²) in [5.74, 6) is -0.528. The number of hydrogen-bond donors (Lipinski definition) is 3. The molecule has 2 atom stereocenters. The van der Waals surface area contributed by atoms with Crippen molar-refractivity contribution < 1.29 is 18.9 Å². The molecule has 0 rings (SSSR count). The number of rotatable bonds is 8. The van der Waals surface area contributed by atoms with E-state index in [4.69, 9.17) is 0 Å². The van der Waals surface area contributed by atoms with Crippen LogP contribution in [0.1, 0.15) is 33.6 Å². The van der Waals surface area contributed by atoms with Gasteiger partial charge < -0.3 is 15.7 Å². The van der Waals surface area contributed by atoms with Gasteiger partial charge in [0, 0.05) is 35.4 Å². The molecule has 3 N–H and O–H groups in total. The zero-order valence-corrected chi connectivity index (χ0v) is 12.8. The molecule has 0 heterocycles. The number of nitrogens with one attached hydrogen (secondary N) is 2. The number of carboxylic acids is 1. The molecular weight excluding hydrogens is 268 g/mol. The second-order valence-corrected chi connectivity index (χ2v) is 6.24. The molecule has 0 aromatic rings. The van der Waals surface area contributed by atoms with Gasteiger partial charge in [-0.05, 0) is 19.8 Å². The van der Waals surface area contributed by atoms with Gasteiger partial charge in [-0.3, -0.25) is 9.00 Å². The summed E-state index contributed by atoms with van der Waals surface area (Å²) in [6, 6.07) is -0.640. The third-order valence-corrected chi connectivity index (χ3v) is 4.23. The van der Waals surface area contributed by atoms with Crippen LogP contribution in [0.5, 0.6) is 0 Å². The van der Waals surface area contributed by atoms with Gasteiger partial charge in [-0.25, -0.2) is 4.79 Å². The van der Waals surface area contributed by atoms with Crippen molar-refractivity contribution in [2.75, 3.05) is 18.6 Å². The van der Waals surface area contributed by atoms with Crippen molar-refractivity contribution in [1.82, 2.24) is 10.6 Å². The van der Waals surface area contributed by atoms with Gasteiger partial charge in [0.25, 0.3) is 0 Å². The number of amides is 2. The molecule has 2 unspecified atom stereocenters. The maximum atomic E-state index is 11.6. The Hall–Kier alpha value is -1.11. The van der Waals surface area contributed by atoms with Crippen LogP contribution in [-0.4, -0.2) is 45.9 Å². The largest absolute Gasteiger partial charge is 0.481 e. The van der Waals surface area contributed by atoms with Crippen LogP contribution < -0.4 is 10.6 Å². The Morgan fingerprint density at radius 3 is 2.21 bits per heavy atom. The fourth-order valence-corrected chi connectivity index (χ4v) is 2.58. The van der Waals surface area contributed by atoms with E-state index in [-0.39, 0.29) is 12.6 Å². The first-order chi connectivity index (χ1) is 8.77. The molecule has 0 fully saturated rings. The van der Waals surface area contributed by atoms with Gasteiger partial charge in [0.1, 0.15) is 0 Å². The summed E-state index contributed by atoms with van der Waals surface area (Å²) in [4.78, 5) is 22.9. The van der Waals surface area contributed by atoms with Crippen LogP contribution in [0.3, 0.4) is 0 Å². The zero-order chi connectivity index (χ0) is 15.1. The van der Waals surface area contributed by atoms with E-state index in [9.17, 15) is 18.9 Å². The molecule has 0 aliphatic carbocycles. The molecule has 2 amide bonds. The van der Waals surface area contributed by atoms with Gasteiger partial charge in [-0.15, -0.1) is 0 Å². The van der Waals surface area contributed by atoms with Crippen molar-refractivity contribution in [3.05, 3.63) is 0 Å². The minimum Gasteiger partial charge on any atom is -0.481 e. The number of aliphatic carboxylic acids is 1. The van der Waals surface area contributed by atoms with E-state index in [1.54, 1.807) is 27.0 Å². The lowest BCUT2D eigenvalue weighted by Crippen LogP contribution is -2.48. The second-order valence-electron chi connectivity index (χ2n) is 4.76. The lowest BCUT2D eigenvalue weighted by Gasteiger charge is -2.27. The van der Waals surface area contributed by atoms with Crippen molar-refractivity contribution in [2.45, 2.75) is 39.7 Å². The minimum atomic E-state index is -0.980. The van der Waals surface area contributed by atoms with Gasteiger partial charge in [-0.2, -0.15) is 0 Å².